The van der Waals surface area contributed by atoms with Crippen LogP contribution in [-0.4, -0.2) is 15.5 Å². The van der Waals surface area contributed by atoms with Gasteiger partial charge in [0.2, 0.25) is 0 Å². The van der Waals surface area contributed by atoms with Crippen molar-refractivity contribution in [3.05, 3.63) is 72.5 Å². The van der Waals surface area contributed by atoms with Crippen molar-refractivity contribution >= 4 is 21.4 Å². The van der Waals surface area contributed by atoms with E-state index in [1.165, 1.54) is 25.3 Å². The van der Waals surface area contributed by atoms with Gasteiger partial charge in [0.05, 0.1) is 12.8 Å². The zero-order valence-electron chi connectivity index (χ0n) is 14.3. The molecule has 0 spiro atoms. The summed E-state index contributed by atoms with van der Waals surface area (Å²) in [5.74, 6) is 0.0967. The van der Waals surface area contributed by atoms with Crippen LogP contribution in [0.1, 0.15) is 0 Å². The first kappa shape index (κ1) is 18.5. The van der Waals surface area contributed by atoms with E-state index in [9.17, 15) is 12.8 Å². The van der Waals surface area contributed by atoms with Crippen molar-refractivity contribution in [3.8, 4) is 17.2 Å². The average Bonchev–Trinajstić information content (AvgIpc) is 2.65. The van der Waals surface area contributed by atoms with Gasteiger partial charge in [0, 0.05) is 11.8 Å². The van der Waals surface area contributed by atoms with Crippen molar-refractivity contribution in [2.45, 2.75) is 4.90 Å². The molecule has 8 heteroatoms. The second-order valence-electron chi connectivity index (χ2n) is 5.57. The number of sulfonamides is 1. The molecule has 27 heavy (non-hydrogen) atoms. The van der Waals surface area contributed by atoms with Gasteiger partial charge < -0.3 is 15.2 Å². The normalized spacial score (nSPS) is 11.0. The van der Waals surface area contributed by atoms with Crippen LogP contribution in [0.2, 0.25) is 0 Å². The van der Waals surface area contributed by atoms with Crippen LogP contribution in [0.15, 0.2) is 71.6 Å². The number of nitrogens with one attached hydrogen (secondary N) is 1. The predicted molar refractivity (Wildman–Crippen MR) is 101 cm³/mol. The number of nitrogen functional groups attached to an aromatic ring is 1. The molecule has 0 saturated heterocycles. The van der Waals surface area contributed by atoms with Crippen molar-refractivity contribution in [1.29, 1.82) is 0 Å². The Morgan fingerprint density at radius 1 is 0.963 bits per heavy atom. The van der Waals surface area contributed by atoms with Crippen LogP contribution >= 0.6 is 0 Å². The summed E-state index contributed by atoms with van der Waals surface area (Å²) >= 11 is 0. The highest BCUT2D eigenvalue weighted by Gasteiger charge is 2.21. The summed E-state index contributed by atoms with van der Waals surface area (Å²) in [4.78, 5) is -0.0757. The molecule has 0 bridgehead atoms. The Morgan fingerprint density at radius 3 is 2.37 bits per heavy atom. The Balaban J connectivity index is 1.94. The van der Waals surface area contributed by atoms with Crippen molar-refractivity contribution in [3.63, 3.8) is 0 Å². The van der Waals surface area contributed by atoms with Crippen LogP contribution in [0.5, 0.6) is 17.2 Å². The van der Waals surface area contributed by atoms with Crippen LogP contribution in [0.25, 0.3) is 0 Å². The quantitative estimate of drug-likeness (QED) is 0.623. The molecule has 0 fully saturated rings. The first-order chi connectivity index (χ1) is 12.9. The van der Waals surface area contributed by atoms with Gasteiger partial charge in [-0.2, -0.15) is 0 Å². The number of nitrogens with two attached hydrogens (primary N) is 1. The Hall–Kier alpha value is -3.26. The van der Waals surface area contributed by atoms with Gasteiger partial charge in [0.15, 0.2) is 0 Å². The second kappa shape index (κ2) is 7.55. The first-order valence-electron chi connectivity index (χ1n) is 7.88. The number of halogens is 1. The van der Waals surface area contributed by atoms with Gasteiger partial charge in [-0.05, 0) is 48.5 Å². The topological polar surface area (TPSA) is 90.6 Å². The summed E-state index contributed by atoms with van der Waals surface area (Å²) in [6.45, 7) is 0. The number of ether oxygens (including phenoxy) is 2. The summed E-state index contributed by atoms with van der Waals surface area (Å²) in [6, 6.07) is 16.3. The summed E-state index contributed by atoms with van der Waals surface area (Å²) in [5, 5.41) is 0. The summed E-state index contributed by atoms with van der Waals surface area (Å²) in [7, 11) is -2.70. The third-order valence-electron chi connectivity index (χ3n) is 3.65. The molecule has 3 rings (SSSR count). The van der Waals surface area contributed by atoms with E-state index < -0.39 is 15.8 Å². The van der Waals surface area contributed by atoms with Crippen LogP contribution in [0, 0.1) is 5.82 Å². The van der Waals surface area contributed by atoms with Crippen LogP contribution in [0.3, 0.4) is 0 Å². The molecular formula is C19H17FN2O4S. The van der Waals surface area contributed by atoms with Crippen molar-refractivity contribution in [2.24, 2.45) is 0 Å². The first-order valence-corrected chi connectivity index (χ1v) is 9.36. The highest BCUT2D eigenvalue weighted by atomic mass is 32.2. The molecule has 6 nitrogen and oxygen atoms in total. The zero-order valence-corrected chi connectivity index (χ0v) is 15.2. The SMILES string of the molecule is COc1cc(F)ccc1NS(=O)(=O)c1ccccc1Oc1ccc(N)cc1. The fraction of sp³-hybridized carbons (Fsp3) is 0.0526. The zero-order chi connectivity index (χ0) is 19.4. The van der Waals surface area contributed by atoms with E-state index in [1.807, 2.05) is 0 Å². The minimum absolute atomic E-state index is 0.0653. The number of rotatable bonds is 6. The fourth-order valence-electron chi connectivity index (χ4n) is 2.37. The molecular weight excluding hydrogens is 371 g/mol. The minimum Gasteiger partial charge on any atom is -0.494 e. The molecule has 3 aromatic rings. The number of benzene rings is 3. The van der Waals surface area contributed by atoms with Gasteiger partial charge in [-0.25, -0.2) is 12.8 Å². The largest absolute Gasteiger partial charge is 0.494 e. The highest BCUT2D eigenvalue weighted by Crippen LogP contribution is 2.32. The molecule has 3 N–H and O–H groups in total. The van der Waals surface area contributed by atoms with Crippen molar-refractivity contribution in [1.82, 2.24) is 0 Å². The lowest BCUT2D eigenvalue weighted by Crippen LogP contribution is -2.14. The summed E-state index contributed by atoms with van der Waals surface area (Å²) < 4.78 is 52.2. The molecule has 140 valence electrons. The third-order valence-corrected chi connectivity index (χ3v) is 5.06. The molecule has 0 aliphatic carbocycles. The van der Waals surface area contributed by atoms with E-state index >= 15 is 0 Å². The molecule has 3 aromatic carbocycles. The molecule has 0 saturated carbocycles. The maximum atomic E-state index is 13.3. The molecule has 0 radical (unpaired) electrons. The average molecular weight is 388 g/mol. The number of para-hydroxylation sites is 1. The summed E-state index contributed by atoms with van der Waals surface area (Å²) in [6.07, 6.45) is 0. The lowest BCUT2D eigenvalue weighted by molar-refractivity contribution is 0.413. The van der Waals surface area contributed by atoms with E-state index in [-0.39, 0.29) is 22.1 Å². The van der Waals surface area contributed by atoms with Crippen LogP contribution in [0.4, 0.5) is 15.8 Å². The molecule has 0 aliphatic rings. The number of hydrogen-bond acceptors (Lipinski definition) is 5. The standard InChI is InChI=1S/C19H17FN2O4S/c1-25-18-12-13(20)6-11-16(18)22-27(23,24)19-5-3-2-4-17(19)26-15-9-7-14(21)8-10-15/h2-12,22H,21H2,1H3. The lowest BCUT2D eigenvalue weighted by atomic mass is 10.3. The monoisotopic (exact) mass is 388 g/mol. The van der Waals surface area contributed by atoms with Gasteiger partial charge in [-0.3, -0.25) is 4.72 Å². The second-order valence-corrected chi connectivity index (χ2v) is 7.22. The van der Waals surface area contributed by atoms with E-state index in [0.29, 0.717) is 11.4 Å². The molecule has 0 amide bonds. The maximum absolute atomic E-state index is 13.3. The Labute approximate surface area is 156 Å². The molecule has 0 heterocycles. The Kier molecular flexibility index (Phi) is 5.18. The number of hydrogen-bond donors (Lipinski definition) is 2. The van der Waals surface area contributed by atoms with E-state index in [2.05, 4.69) is 4.72 Å². The fourth-order valence-corrected chi connectivity index (χ4v) is 3.57. The Morgan fingerprint density at radius 2 is 1.67 bits per heavy atom. The van der Waals surface area contributed by atoms with E-state index in [4.69, 9.17) is 15.2 Å². The minimum atomic E-state index is -4.02. The van der Waals surface area contributed by atoms with Crippen molar-refractivity contribution in [2.75, 3.05) is 17.6 Å². The van der Waals surface area contributed by atoms with Gasteiger partial charge >= 0.3 is 0 Å². The van der Waals surface area contributed by atoms with Crippen LogP contribution in [-0.2, 0) is 10.0 Å². The molecule has 0 unspecified atom stereocenters. The van der Waals surface area contributed by atoms with Gasteiger partial charge in [0.1, 0.15) is 28.0 Å². The number of methoxy groups -OCH3 is 1. The van der Waals surface area contributed by atoms with Gasteiger partial charge in [0.25, 0.3) is 10.0 Å². The Bertz CT molecular complexity index is 1050. The van der Waals surface area contributed by atoms with Crippen LogP contribution < -0.4 is 19.9 Å². The highest BCUT2D eigenvalue weighted by molar-refractivity contribution is 7.92. The summed E-state index contributed by atoms with van der Waals surface area (Å²) in [5.41, 5.74) is 6.32. The van der Waals surface area contributed by atoms with E-state index in [1.54, 1.807) is 36.4 Å². The van der Waals surface area contributed by atoms with Gasteiger partial charge in [-0.15, -0.1) is 0 Å². The molecule has 0 atom stereocenters. The molecule has 0 aliphatic heterocycles. The van der Waals surface area contributed by atoms with E-state index in [0.717, 1.165) is 12.1 Å². The maximum Gasteiger partial charge on any atom is 0.265 e. The van der Waals surface area contributed by atoms with Crippen molar-refractivity contribution < 1.29 is 22.3 Å². The predicted octanol–water partition coefficient (Wildman–Crippen LogP) is 4.01. The smallest absolute Gasteiger partial charge is 0.265 e. The lowest BCUT2D eigenvalue weighted by Gasteiger charge is -2.15. The number of anilines is 2. The third kappa shape index (κ3) is 4.29. The molecule has 0 aromatic heterocycles. The van der Waals surface area contributed by atoms with Gasteiger partial charge in [-0.1, -0.05) is 12.1 Å².